The van der Waals surface area contributed by atoms with E-state index in [2.05, 4.69) is 6.92 Å². The Balaban J connectivity index is 0.00000320. The average Bonchev–Trinajstić information content (AvgIpc) is 3.04. The molecule has 1 aromatic heterocycles. The fraction of sp³-hybridized carbons (Fsp3) is 0.455. The van der Waals surface area contributed by atoms with Crippen molar-refractivity contribution >= 4 is 12.0 Å². The van der Waals surface area contributed by atoms with Crippen molar-refractivity contribution in [3.63, 3.8) is 0 Å². The Morgan fingerprint density at radius 2 is 2.07 bits per heavy atom. The number of carboxylic acids is 1. The van der Waals surface area contributed by atoms with Gasteiger partial charge in [0, 0.05) is 30.3 Å². The van der Waals surface area contributed by atoms with Crippen LogP contribution in [0.5, 0.6) is 0 Å². The number of carbonyl (C=O) groups is 1. The molecule has 0 radical (unpaired) electrons. The second kappa shape index (κ2) is 11.2. The van der Waals surface area contributed by atoms with Crippen LogP contribution in [0.4, 0.5) is 4.39 Å². The van der Waals surface area contributed by atoms with E-state index in [1.807, 2.05) is 0 Å². The van der Waals surface area contributed by atoms with Crippen molar-refractivity contribution in [2.45, 2.75) is 63.6 Å². The van der Waals surface area contributed by atoms with E-state index in [4.69, 9.17) is 5.10 Å². The van der Waals surface area contributed by atoms with Gasteiger partial charge in [-0.3, -0.25) is 0 Å². The molecule has 0 amide bonds. The molecule has 0 aliphatic heterocycles. The Kier molecular flexibility index (Phi) is 9.25. The molecule has 3 atom stereocenters. The van der Waals surface area contributed by atoms with E-state index >= 15 is 0 Å². The second-order valence-electron chi connectivity index (χ2n) is 7.53. The maximum Gasteiger partial charge on any atom is 1.00 e. The van der Waals surface area contributed by atoms with E-state index in [1.165, 1.54) is 18.2 Å². The van der Waals surface area contributed by atoms with Gasteiger partial charge in [-0.2, -0.15) is 5.10 Å². The van der Waals surface area contributed by atoms with Crippen LogP contribution in [-0.4, -0.2) is 38.2 Å². The first-order valence-electron chi connectivity index (χ1n) is 10.0. The van der Waals surface area contributed by atoms with Crippen molar-refractivity contribution in [2.24, 2.45) is 0 Å². The van der Waals surface area contributed by atoms with Gasteiger partial charge in [0.05, 0.1) is 29.3 Å². The molecule has 30 heavy (non-hydrogen) atoms. The minimum Gasteiger partial charge on any atom is -0.550 e. The molecule has 0 spiro atoms. The Morgan fingerprint density at radius 3 is 2.70 bits per heavy atom. The molecule has 0 saturated carbocycles. The molecule has 3 rings (SSSR count). The number of aliphatic hydroxyl groups excluding tert-OH is 2. The normalized spacial score (nSPS) is 17.9. The van der Waals surface area contributed by atoms with Crippen LogP contribution < -0.4 is 34.7 Å². The molecule has 8 heteroatoms. The number of nitrogens with zero attached hydrogens (tertiary/aromatic N) is 2. The summed E-state index contributed by atoms with van der Waals surface area (Å²) in [4.78, 5) is 10.6. The molecule has 156 valence electrons. The van der Waals surface area contributed by atoms with Crippen LogP contribution in [-0.2, 0) is 11.2 Å². The van der Waals surface area contributed by atoms with E-state index in [0.717, 1.165) is 48.3 Å². The molecule has 1 aliphatic carbocycles. The summed E-state index contributed by atoms with van der Waals surface area (Å²) >= 11 is 0. The zero-order valence-corrected chi connectivity index (χ0v) is 19.4. The Morgan fingerprint density at radius 1 is 1.37 bits per heavy atom. The van der Waals surface area contributed by atoms with Gasteiger partial charge in [0.15, 0.2) is 0 Å². The van der Waals surface area contributed by atoms with Gasteiger partial charge in [-0.1, -0.05) is 13.0 Å². The molecular formula is C22H26FN2NaO4. The van der Waals surface area contributed by atoms with Crippen LogP contribution >= 0.6 is 0 Å². The number of benzene rings is 1. The third kappa shape index (κ3) is 6.02. The number of rotatable bonds is 8. The Hall–Kier alpha value is -1.51. The zero-order chi connectivity index (χ0) is 21.0. The topological polar surface area (TPSA) is 98.4 Å². The fourth-order valence-corrected chi connectivity index (χ4v) is 3.91. The SMILES string of the molecule is CCC1CCCc2c1nn(-c1ccc(F)cc1)c2/C=C/[C@@H](O)C[C@@H](O)CC(=O)[O-].[Na+]. The third-order valence-electron chi connectivity index (χ3n) is 5.38. The number of fused-ring (bicyclic) bond motifs is 1. The largest absolute Gasteiger partial charge is 1.00 e. The van der Waals surface area contributed by atoms with Gasteiger partial charge in [0.25, 0.3) is 0 Å². The van der Waals surface area contributed by atoms with Crippen LogP contribution in [0, 0.1) is 5.82 Å². The van der Waals surface area contributed by atoms with E-state index in [0.29, 0.717) is 5.92 Å². The monoisotopic (exact) mass is 424 g/mol. The van der Waals surface area contributed by atoms with Crippen molar-refractivity contribution in [1.82, 2.24) is 9.78 Å². The minimum atomic E-state index is -1.36. The molecule has 2 N–H and O–H groups in total. The van der Waals surface area contributed by atoms with Gasteiger partial charge in [-0.05, 0) is 56.0 Å². The van der Waals surface area contributed by atoms with Gasteiger partial charge < -0.3 is 20.1 Å². The number of aliphatic hydroxyl groups is 2. The number of carbonyl (C=O) groups excluding carboxylic acids is 1. The maximum absolute atomic E-state index is 13.4. The molecule has 0 bridgehead atoms. The van der Waals surface area contributed by atoms with Crippen molar-refractivity contribution in [3.8, 4) is 5.69 Å². The Bertz CT molecular complexity index is 882. The van der Waals surface area contributed by atoms with Crippen molar-refractivity contribution < 1.29 is 54.1 Å². The summed E-state index contributed by atoms with van der Waals surface area (Å²) in [6, 6.07) is 6.08. The number of hydrogen-bond acceptors (Lipinski definition) is 5. The third-order valence-corrected chi connectivity index (χ3v) is 5.38. The number of hydrogen-bond donors (Lipinski definition) is 2. The van der Waals surface area contributed by atoms with Crippen LogP contribution in [0.2, 0.25) is 0 Å². The standard InChI is InChI=1S/C22H27FN2O4.Na/c1-2-14-4-3-5-19-20(11-10-17(26)12-18(27)13-21(28)29)25(24-22(14)19)16-8-6-15(23)7-9-16;/h6-11,14,17-18,26-27H,2-5,12-13H2,1H3,(H,28,29);/q;+1/p-1/b11-10+;/t14?,17-,18-;/m1./s1. The summed E-state index contributed by atoms with van der Waals surface area (Å²) in [7, 11) is 0. The van der Waals surface area contributed by atoms with Crippen molar-refractivity contribution in [1.29, 1.82) is 0 Å². The van der Waals surface area contributed by atoms with Crippen LogP contribution in [0.25, 0.3) is 11.8 Å². The fourth-order valence-electron chi connectivity index (χ4n) is 3.91. The minimum absolute atomic E-state index is 0. The van der Waals surface area contributed by atoms with Crippen LogP contribution in [0.3, 0.4) is 0 Å². The molecule has 2 aromatic rings. The van der Waals surface area contributed by atoms with E-state index in [1.54, 1.807) is 22.9 Å². The molecule has 0 saturated heterocycles. The number of carboxylic acid groups (broad SMARTS) is 1. The number of aromatic nitrogens is 2. The summed E-state index contributed by atoms with van der Waals surface area (Å²) in [6.07, 6.45) is 4.45. The summed E-state index contributed by atoms with van der Waals surface area (Å²) < 4.78 is 15.1. The first-order valence-corrected chi connectivity index (χ1v) is 10.0. The quantitative estimate of drug-likeness (QED) is 0.536. The van der Waals surface area contributed by atoms with Gasteiger partial charge >= 0.3 is 29.6 Å². The zero-order valence-electron chi connectivity index (χ0n) is 17.4. The molecule has 1 heterocycles. The van der Waals surface area contributed by atoms with Crippen LogP contribution in [0.1, 0.15) is 61.9 Å². The first-order chi connectivity index (χ1) is 13.9. The number of aliphatic carboxylic acids is 1. The molecule has 6 nitrogen and oxygen atoms in total. The molecule has 1 aliphatic rings. The van der Waals surface area contributed by atoms with Gasteiger partial charge in [0.2, 0.25) is 0 Å². The molecule has 1 unspecified atom stereocenters. The smallest absolute Gasteiger partial charge is 0.550 e. The molecule has 0 fully saturated rings. The summed E-state index contributed by atoms with van der Waals surface area (Å²) in [6.45, 7) is 2.13. The Labute approximate surface area is 197 Å². The van der Waals surface area contributed by atoms with Gasteiger partial charge in [0.1, 0.15) is 5.82 Å². The maximum atomic E-state index is 13.4. The predicted octanol–water partition coefficient (Wildman–Crippen LogP) is -0.890. The van der Waals surface area contributed by atoms with Gasteiger partial charge in [-0.25, -0.2) is 9.07 Å². The van der Waals surface area contributed by atoms with Crippen LogP contribution in [0.15, 0.2) is 30.3 Å². The molecular weight excluding hydrogens is 398 g/mol. The van der Waals surface area contributed by atoms with E-state index in [-0.39, 0.29) is 41.8 Å². The van der Waals surface area contributed by atoms with E-state index in [9.17, 15) is 24.5 Å². The van der Waals surface area contributed by atoms with E-state index < -0.39 is 24.6 Å². The first kappa shape index (κ1) is 24.8. The summed E-state index contributed by atoms with van der Waals surface area (Å²) in [5.41, 5.74) is 3.69. The number of halogens is 1. The second-order valence-corrected chi connectivity index (χ2v) is 7.53. The van der Waals surface area contributed by atoms with Gasteiger partial charge in [-0.15, -0.1) is 0 Å². The summed E-state index contributed by atoms with van der Waals surface area (Å²) in [5, 5.41) is 35.3. The van der Waals surface area contributed by atoms with Crippen molar-refractivity contribution in [3.05, 3.63) is 53.1 Å². The average molecular weight is 424 g/mol. The molecule has 1 aromatic carbocycles. The summed E-state index contributed by atoms with van der Waals surface area (Å²) in [5.74, 6) is -1.32. The predicted molar refractivity (Wildman–Crippen MR) is 105 cm³/mol. The van der Waals surface area contributed by atoms with Crippen molar-refractivity contribution in [2.75, 3.05) is 0 Å².